The third kappa shape index (κ3) is 30.3. The lowest BCUT2D eigenvalue weighted by Gasteiger charge is -2.19. The molecule has 3 N–H and O–H groups in total. The fourth-order valence-corrected chi connectivity index (χ4v) is 3.93. The zero-order valence-corrected chi connectivity index (χ0v) is 27.2. The van der Waals surface area contributed by atoms with E-state index in [-0.39, 0.29) is 12.5 Å². The van der Waals surface area contributed by atoms with Gasteiger partial charge in [-0.15, -0.1) is 0 Å². The van der Waals surface area contributed by atoms with Crippen molar-refractivity contribution in [1.29, 1.82) is 0 Å². The molecule has 4 nitrogen and oxygen atoms in total. The first-order valence-electron chi connectivity index (χ1n) is 16.6. The van der Waals surface area contributed by atoms with Crippen molar-refractivity contribution in [3.8, 4) is 0 Å². The topological polar surface area (TPSA) is 69.6 Å². The molecule has 0 aromatic carbocycles. The van der Waals surface area contributed by atoms with Crippen molar-refractivity contribution in [3.05, 3.63) is 109 Å². The van der Waals surface area contributed by atoms with Crippen molar-refractivity contribution in [2.45, 2.75) is 122 Å². The minimum absolute atomic E-state index is 0.143. The Balaban J connectivity index is 3.86. The van der Waals surface area contributed by atoms with Crippen molar-refractivity contribution in [3.63, 3.8) is 0 Å². The predicted octanol–water partition coefficient (Wildman–Crippen LogP) is 9.72. The van der Waals surface area contributed by atoms with Crippen LogP contribution in [0.5, 0.6) is 0 Å². The first-order valence-corrected chi connectivity index (χ1v) is 16.6. The molecule has 0 aromatic heterocycles. The summed E-state index contributed by atoms with van der Waals surface area (Å²) in [6, 6.07) is -0.674. The van der Waals surface area contributed by atoms with E-state index in [1.54, 1.807) is 6.08 Å². The van der Waals surface area contributed by atoms with Gasteiger partial charge in [-0.1, -0.05) is 136 Å². The standard InChI is InChI=1S/C39H61NO3/c1-3-5-7-9-11-13-14-15-16-17-18-19-20-21-22-23-24-25-26-27-29-31-33-35-39(43)40-37(36-41)38(42)34-32-30-28-12-10-8-6-4-2/h5,7,10-13,15-16,18-19,21-22,24-25,27,29,32,34,37-38,41-42H,3-4,6,8-9,14,17,20,23,26,28,30-31,33,35-36H2,1-2H3,(H,40,43)/b7-5-,12-10+,13-11-,16-15-,19-18-,22-21-,25-24-,29-27-,34-32+. The number of aliphatic hydroxyl groups excluding tert-OH is 2. The highest BCUT2D eigenvalue weighted by Gasteiger charge is 2.17. The number of aliphatic hydroxyl groups is 2. The molecular weight excluding hydrogens is 530 g/mol. The van der Waals surface area contributed by atoms with Gasteiger partial charge >= 0.3 is 0 Å². The Labute approximate surface area is 264 Å². The molecule has 0 aliphatic heterocycles. The largest absolute Gasteiger partial charge is 0.394 e. The maximum atomic E-state index is 12.2. The smallest absolute Gasteiger partial charge is 0.220 e. The van der Waals surface area contributed by atoms with Crippen LogP contribution in [0.25, 0.3) is 0 Å². The minimum atomic E-state index is -0.890. The third-order valence-electron chi connectivity index (χ3n) is 6.49. The van der Waals surface area contributed by atoms with E-state index >= 15 is 0 Å². The molecule has 0 heterocycles. The second-order valence-electron chi connectivity index (χ2n) is 10.5. The number of unbranched alkanes of at least 4 members (excludes halogenated alkanes) is 4. The van der Waals surface area contributed by atoms with Gasteiger partial charge in [0.25, 0.3) is 0 Å². The zero-order valence-electron chi connectivity index (χ0n) is 27.2. The van der Waals surface area contributed by atoms with Crippen molar-refractivity contribution >= 4 is 5.91 Å². The number of carbonyl (C=O) groups excluding carboxylic acids is 1. The molecule has 2 atom stereocenters. The number of allylic oxidation sites excluding steroid dienone is 17. The summed E-state index contributed by atoms with van der Waals surface area (Å²) in [6.07, 6.45) is 51.8. The first kappa shape index (κ1) is 40.1. The highest BCUT2D eigenvalue weighted by Crippen LogP contribution is 2.04. The van der Waals surface area contributed by atoms with Crippen molar-refractivity contribution in [1.82, 2.24) is 5.32 Å². The minimum Gasteiger partial charge on any atom is -0.394 e. The van der Waals surface area contributed by atoms with Crippen LogP contribution in [0.15, 0.2) is 109 Å². The highest BCUT2D eigenvalue weighted by molar-refractivity contribution is 5.76. The summed E-state index contributed by atoms with van der Waals surface area (Å²) in [6.45, 7) is 4.04. The molecule has 0 aliphatic carbocycles. The number of hydrogen-bond donors (Lipinski definition) is 3. The molecule has 240 valence electrons. The number of rotatable bonds is 27. The number of nitrogens with one attached hydrogen (secondary N) is 1. The van der Waals surface area contributed by atoms with Gasteiger partial charge in [0, 0.05) is 6.42 Å². The Bertz CT molecular complexity index is 901. The molecule has 0 rings (SSSR count). The Morgan fingerprint density at radius 2 is 1.00 bits per heavy atom. The average Bonchev–Trinajstić information content (AvgIpc) is 3.01. The van der Waals surface area contributed by atoms with E-state index in [9.17, 15) is 15.0 Å². The maximum Gasteiger partial charge on any atom is 0.220 e. The molecule has 0 fully saturated rings. The number of amides is 1. The molecule has 0 radical (unpaired) electrons. The van der Waals surface area contributed by atoms with Gasteiger partial charge in [0.1, 0.15) is 0 Å². The summed E-state index contributed by atoms with van der Waals surface area (Å²) >= 11 is 0. The van der Waals surface area contributed by atoms with E-state index < -0.39 is 12.1 Å². The summed E-state index contributed by atoms with van der Waals surface area (Å²) in [4.78, 5) is 12.2. The molecule has 0 bridgehead atoms. The lowest BCUT2D eigenvalue weighted by molar-refractivity contribution is -0.122. The molecule has 2 unspecified atom stereocenters. The fraction of sp³-hybridized carbons (Fsp3) is 0.513. The van der Waals surface area contributed by atoms with Gasteiger partial charge in [0.2, 0.25) is 5.91 Å². The van der Waals surface area contributed by atoms with Gasteiger partial charge in [-0.2, -0.15) is 0 Å². The van der Waals surface area contributed by atoms with Crippen LogP contribution in [0.2, 0.25) is 0 Å². The van der Waals surface area contributed by atoms with Crippen LogP contribution in [0.1, 0.15) is 110 Å². The van der Waals surface area contributed by atoms with Gasteiger partial charge in [-0.3, -0.25) is 4.79 Å². The number of hydrogen-bond acceptors (Lipinski definition) is 3. The molecule has 0 saturated heterocycles. The Hall–Kier alpha value is -2.95. The van der Waals surface area contributed by atoms with Crippen molar-refractivity contribution in [2.24, 2.45) is 0 Å². The van der Waals surface area contributed by atoms with Crippen LogP contribution < -0.4 is 5.32 Å². The van der Waals surface area contributed by atoms with Crippen LogP contribution in [-0.4, -0.2) is 34.9 Å². The second kappa shape index (κ2) is 33.6. The van der Waals surface area contributed by atoms with Crippen LogP contribution in [0, 0.1) is 0 Å². The highest BCUT2D eigenvalue weighted by atomic mass is 16.3. The maximum absolute atomic E-state index is 12.2. The van der Waals surface area contributed by atoms with Crippen molar-refractivity contribution in [2.75, 3.05) is 6.61 Å². The van der Waals surface area contributed by atoms with Crippen LogP contribution in [0.3, 0.4) is 0 Å². The lowest BCUT2D eigenvalue weighted by atomic mass is 10.1. The summed E-state index contributed by atoms with van der Waals surface area (Å²) in [5.74, 6) is -0.143. The molecule has 0 saturated carbocycles. The van der Waals surface area contributed by atoms with E-state index in [0.29, 0.717) is 6.42 Å². The SMILES string of the molecule is CC/C=C\C/C=C\C/C=C\C/C=C\C/C=C\C/C=C\C/C=C\CCCC(=O)NC(CO)C(O)/C=C/CC/C=C/CCCC. The van der Waals surface area contributed by atoms with E-state index in [0.717, 1.165) is 77.0 Å². The molecule has 0 aromatic rings. The Morgan fingerprint density at radius 3 is 1.49 bits per heavy atom. The summed E-state index contributed by atoms with van der Waals surface area (Å²) in [5, 5.41) is 22.6. The zero-order chi connectivity index (χ0) is 31.5. The van der Waals surface area contributed by atoms with Gasteiger partial charge in [-0.25, -0.2) is 0 Å². The number of carbonyl (C=O) groups is 1. The van der Waals surface area contributed by atoms with E-state index in [1.165, 1.54) is 12.8 Å². The summed E-state index contributed by atoms with van der Waals surface area (Å²) < 4.78 is 0. The normalized spacial score (nSPS) is 14.6. The summed E-state index contributed by atoms with van der Waals surface area (Å²) in [7, 11) is 0. The Morgan fingerprint density at radius 1 is 0.581 bits per heavy atom. The quantitative estimate of drug-likeness (QED) is 0.0658. The second-order valence-corrected chi connectivity index (χ2v) is 10.5. The van der Waals surface area contributed by atoms with Crippen LogP contribution in [-0.2, 0) is 4.79 Å². The molecule has 43 heavy (non-hydrogen) atoms. The molecule has 1 amide bonds. The van der Waals surface area contributed by atoms with E-state index in [2.05, 4.69) is 116 Å². The Kier molecular flexibility index (Phi) is 31.2. The van der Waals surface area contributed by atoms with Crippen LogP contribution >= 0.6 is 0 Å². The van der Waals surface area contributed by atoms with Gasteiger partial charge in [0.05, 0.1) is 18.8 Å². The molecular formula is C39H61NO3. The molecule has 0 aliphatic rings. The third-order valence-corrected chi connectivity index (χ3v) is 6.49. The van der Waals surface area contributed by atoms with Gasteiger partial charge in [-0.05, 0) is 77.0 Å². The molecule has 0 spiro atoms. The monoisotopic (exact) mass is 591 g/mol. The lowest BCUT2D eigenvalue weighted by Crippen LogP contribution is -2.45. The predicted molar refractivity (Wildman–Crippen MR) is 188 cm³/mol. The molecule has 4 heteroatoms. The average molecular weight is 592 g/mol. The van der Waals surface area contributed by atoms with Crippen LogP contribution in [0.4, 0.5) is 0 Å². The first-order chi connectivity index (χ1) is 21.2. The van der Waals surface area contributed by atoms with E-state index in [4.69, 9.17) is 0 Å². The fourth-order valence-electron chi connectivity index (χ4n) is 3.93. The summed E-state index contributed by atoms with van der Waals surface area (Å²) in [5.41, 5.74) is 0. The van der Waals surface area contributed by atoms with Gasteiger partial charge < -0.3 is 15.5 Å². The van der Waals surface area contributed by atoms with Crippen molar-refractivity contribution < 1.29 is 15.0 Å². The van der Waals surface area contributed by atoms with Gasteiger partial charge in [0.15, 0.2) is 0 Å². The van der Waals surface area contributed by atoms with E-state index in [1.807, 2.05) is 6.08 Å².